The minimum absolute atomic E-state index is 0.0228. The normalized spacial score (nSPS) is 17.9. The predicted molar refractivity (Wildman–Crippen MR) is 76.9 cm³/mol. The molecule has 104 valence electrons. The van der Waals surface area contributed by atoms with Crippen molar-refractivity contribution in [2.24, 2.45) is 5.92 Å². The molecule has 1 fully saturated rings. The lowest BCUT2D eigenvalue weighted by molar-refractivity contribution is -0.154. The lowest BCUT2D eigenvalue weighted by Crippen LogP contribution is -2.24. The summed E-state index contributed by atoms with van der Waals surface area (Å²) in [6.07, 6.45) is 7.57. The van der Waals surface area contributed by atoms with Crippen LogP contribution in [0.25, 0.3) is 0 Å². The Morgan fingerprint density at radius 2 is 1.89 bits per heavy atom. The van der Waals surface area contributed by atoms with Crippen LogP contribution in [0.15, 0.2) is 30.3 Å². The molecule has 2 nitrogen and oxygen atoms in total. The molecular formula is C17H24O2. The fraction of sp³-hybridized carbons (Fsp3) is 0.588. The molecule has 0 bridgehead atoms. The Labute approximate surface area is 116 Å². The van der Waals surface area contributed by atoms with Crippen LogP contribution in [0.1, 0.15) is 51.0 Å². The molecule has 0 saturated heterocycles. The summed E-state index contributed by atoms with van der Waals surface area (Å²) in [6, 6.07) is 10.4. The van der Waals surface area contributed by atoms with Gasteiger partial charge in [-0.3, -0.25) is 4.79 Å². The van der Waals surface area contributed by atoms with Crippen molar-refractivity contribution in [3.8, 4) is 0 Å². The first kappa shape index (κ1) is 14.1. The number of esters is 1. The van der Waals surface area contributed by atoms with Gasteiger partial charge in [0.15, 0.2) is 0 Å². The van der Waals surface area contributed by atoms with Crippen LogP contribution < -0.4 is 0 Å². The van der Waals surface area contributed by atoms with Gasteiger partial charge in [0.25, 0.3) is 0 Å². The largest absolute Gasteiger partial charge is 0.462 e. The van der Waals surface area contributed by atoms with Gasteiger partial charge in [0, 0.05) is 0 Å². The lowest BCUT2D eigenvalue weighted by atomic mass is 9.89. The van der Waals surface area contributed by atoms with Crippen LogP contribution in [0.3, 0.4) is 0 Å². The highest BCUT2D eigenvalue weighted by molar-refractivity contribution is 5.72. The highest BCUT2D eigenvalue weighted by atomic mass is 16.5. The fourth-order valence-electron chi connectivity index (χ4n) is 2.71. The van der Waals surface area contributed by atoms with Crippen molar-refractivity contribution < 1.29 is 9.53 Å². The Morgan fingerprint density at radius 3 is 2.58 bits per heavy atom. The average Bonchev–Trinajstić information content (AvgIpc) is 2.47. The zero-order valence-electron chi connectivity index (χ0n) is 11.8. The van der Waals surface area contributed by atoms with Crippen LogP contribution in [-0.4, -0.2) is 12.1 Å². The first-order valence-corrected chi connectivity index (χ1v) is 7.50. The number of ether oxygens (including phenoxy) is 1. The van der Waals surface area contributed by atoms with Crippen LogP contribution in [0.5, 0.6) is 0 Å². The van der Waals surface area contributed by atoms with Crippen LogP contribution in [-0.2, 0) is 16.0 Å². The van der Waals surface area contributed by atoms with Crippen molar-refractivity contribution in [1.82, 2.24) is 0 Å². The van der Waals surface area contributed by atoms with Crippen molar-refractivity contribution in [3.63, 3.8) is 0 Å². The topological polar surface area (TPSA) is 26.3 Å². The van der Waals surface area contributed by atoms with E-state index in [-0.39, 0.29) is 18.0 Å². The first-order chi connectivity index (χ1) is 9.25. The number of hydrogen-bond acceptors (Lipinski definition) is 2. The number of hydrogen-bond donors (Lipinski definition) is 0. The van der Waals surface area contributed by atoms with Gasteiger partial charge >= 0.3 is 5.97 Å². The molecular weight excluding hydrogens is 236 g/mol. The molecule has 0 N–H and O–H groups in total. The van der Waals surface area contributed by atoms with E-state index in [2.05, 4.69) is 12.1 Å². The second kappa shape index (κ2) is 7.32. The van der Waals surface area contributed by atoms with Crippen molar-refractivity contribution in [1.29, 1.82) is 0 Å². The van der Waals surface area contributed by atoms with Gasteiger partial charge in [-0.25, -0.2) is 0 Å². The molecule has 0 aromatic heterocycles. The maximum absolute atomic E-state index is 12.0. The van der Waals surface area contributed by atoms with Gasteiger partial charge in [0.05, 0.1) is 12.0 Å². The number of carbonyl (C=O) groups excluding carboxylic acids is 1. The fourth-order valence-corrected chi connectivity index (χ4v) is 2.71. The molecule has 19 heavy (non-hydrogen) atoms. The number of carbonyl (C=O) groups is 1. The summed E-state index contributed by atoms with van der Waals surface area (Å²) >= 11 is 0. The van der Waals surface area contributed by atoms with E-state index in [1.165, 1.54) is 24.8 Å². The third-order valence-electron chi connectivity index (χ3n) is 3.94. The molecule has 0 amide bonds. The van der Waals surface area contributed by atoms with Crippen molar-refractivity contribution >= 4 is 5.97 Å². The van der Waals surface area contributed by atoms with Crippen LogP contribution in [0, 0.1) is 5.92 Å². The summed E-state index contributed by atoms with van der Waals surface area (Å²) in [5.41, 5.74) is 1.31. The molecule has 2 rings (SSSR count). The molecule has 0 radical (unpaired) electrons. The minimum atomic E-state index is 0.0228. The van der Waals surface area contributed by atoms with E-state index in [1.54, 1.807) is 0 Å². The van der Waals surface area contributed by atoms with Gasteiger partial charge in [0.1, 0.15) is 0 Å². The lowest BCUT2D eigenvalue weighted by Gasteiger charge is -2.22. The number of benzene rings is 1. The van der Waals surface area contributed by atoms with E-state index >= 15 is 0 Å². The molecule has 1 aliphatic rings. The third-order valence-corrected chi connectivity index (χ3v) is 3.94. The van der Waals surface area contributed by atoms with E-state index in [1.807, 2.05) is 25.1 Å². The molecule has 1 unspecified atom stereocenters. The summed E-state index contributed by atoms with van der Waals surface area (Å²) in [5.74, 6) is 0.188. The van der Waals surface area contributed by atoms with E-state index in [0.29, 0.717) is 0 Å². The SMILES string of the molecule is CC(CCc1ccccc1)OC(=O)C1CCCCC1. The van der Waals surface area contributed by atoms with E-state index < -0.39 is 0 Å². The molecule has 1 aromatic carbocycles. The van der Waals surface area contributed by atoms with Crippen molar-refractivity contribution in [2.45, 2.75) is 58.0 Å². The van der Waals surface area contributed by atoms with Crippen LogP contribution in [0.4, 0.5) is 0 Å². The van der Waals surface area contributed by atoms with Gasteiger partial charge in [-0.05, 0) is 38.2 Å². The zero-order chi connectivity index (χ0) is 13.5. The van der Waals surface area contributed by atoms with Crippen molar-refractivity contribution in [3.05, 3.63) is 35.9 Å². The quantitative estimate of drug-likeness (QED) is 0.744. The predicted octanol–water partition coefficient (Wildman–Crippen LogP) is 4.13. The molecule has 0 spiro atoms. The first-order valence-electron chi connectivity index (χ1n) is 7.50. The summed E-state index contributed by atoms with van der Waals surface area (Å²) in [4.78, 5) is 12.0. The Kier molecular flexibility index (Phi) is 5.44. The Balaban J connectivity index is 1.71. The summed E-state index contributed by atoms with van der Waals surface area (Å²) in [6.45, 7) is 2.00. The Bertz CT molecular complexity index is 380. The highest BCUT2D eigenvalue weighted by Crippen LogP contribution is 2.25. The summed E-state index contributed by atoms with van der Waals surface area (Å²) in [5, 5.41) is 0. The van der Waals surface area contributed by atoms with Crippen molar-refractivity contribution in [2.75, 3.05) is 0 Å². The standard InChI is InChI=1S/C17H24O2/c1-14(12-13-15-8-4-2-5-9-15)19-17(18)16-10-6-3-7-11-16/h2,4-5,8-9,14,16H,3,6-7,10-13H2,1H3. The second-order valence-corrected chi connectivity index (χ2v) is 5.61. The Hall–Kier alpha value is -1.31. The average molecular weight is 260 g/mol. The number of rotatable bonds is 5. The summed E-state index contributed by atoms with van der Waals surface area (Å²) < 4.78 is 5.57. The van der Waals surface area contributed by atoms with E-state index in [4.69, 9.17) is 4.74 Å². The third kappa shape index (κ3) is 4.70. The molecule has 1 atom stereocenters. The molecule has 1 aromatic rings. The number of aryl methyl sites for hydroxylation is 1. The minimum Gasteiger partial charge on any atom is -0.462 e. The molecule has 1 saturated carbocycles. The molecule has 1 aliphatic carbocycles. The summed E-state index contributed by atoms with van der Waals surface area (Å²) in [7, 11) is 0. The van der Waals surface area contributed by atoms with E-state index in [9.17, 15) is 4.79 Å². The van der Waals surface area contributed by atoms with Gasteiger partial charge in [0.2, 0.25) is 0 Å². The van der Waals surface area contributed by atoms with E-state index in [0.717, 1.165) is 25.7 Å². The van der Waals surface area contributed by atoms with Gasteiger partial charge in [-0.15, -0.1) is 0 Å². The van der Waals surface area contributed by atoms with Gasteiger partial charge < -0.3 is 4.74 Å². The van der Waals surface area contributed by atoms with Crippen LogP contribution in [0.2, 0.25) is 0 Å². The molecule has 2 heteroatoms. The maximum Gasteiger partial charge on any atom is 0.309 e. The second-order valence-electron chi connectivity index (χ2n) is 5.61. The van der Waals surface area contributed by atoms with Crippen LogP contribution >= 0.6 is 0 Å². The molecule has 0 heterocycles. The monoisotopic (exact) mass is 260 g/mol. The smallest absolute Gasteiger partial charge is 0.309 e. The molecule has 0 aliphatic heterocycles. The maximum atomic E-state index is 12.0. The highest BCUT2D eigenvalue weighted by Gasteiger charge is 2.23. The zero-order valence-corrected chi connectivity index (χ0v) is 11.8. The van der Waals surface area contributed by atoms with Gasteiger partial charge in [-0.1, -0.05) is 49.6 Å². The Morgan fingerprint density at radius 1 is 1.21 bits per heavy atom. The van der Waals surface area contributed by atoms with Gasteiger partial charge in [-0.2, -0.15) is 0 Å².